The second-order valence-electron chi connectivity index (χ2n) is 5.69. The lowest BCUT2D eigenvalue weighted by molar-refractivity contribution is 0.204. The Morgan fingerprint density at radius 2 is 1.53 bits per heavy atom. The van der Waals surface area contributed by atoms with Crippen LogP contribution in [-0.4, -0.2) is 28.5 Å². The molecule has 0 amide bonds. The standard InChI is InChI=1S/C14H27NOSi/c1-10-11(2)13(4)14(12(10)3)17(6,7)15-8-9-16-5/h14-15H,8-9H2,1-7H3. The first-order valence-corrected chi connectivity index (χ1v) is 9.49. The molecule has 0 fully saturated rings. The molecule has 0 aromatic carbocycles. The minimum absolute atomic E-state index is 0.652. The molecule has 17 heavy (non-hydrogen) atoms. The predicted molar refractivity (Wildman–Crippen MR) is 77.9 cm³/mol. The average molecular weight is 253 g/mol. The van der Waals surface area contributed by atoms with E-state index in [9.17, 15) is 0 Å². The summed E-state index contributed by atoms with van der Waals surface area (Å²) in [4.78, 5) is 3.75. The van der Waals surface area contributed by atoms with E-state index in [0.29, 0.717) is 5.54 Å². The highest BCUT2D eigenvalue weighted by atomic mass is 28.3. The van der Waals surface area contributed by atoms with Crippen LogP contribution in [0.3, 0.4) is 0 Å². The van der Waals surface area contributed by atoms with E-state index in [-0.39, 0.29) is 0 Å². The second kappa shape index (κ2) is 5.51. The Labute approximate surface area is 107 Å². The van der Waals surface area contributed by atoms with Crippen LogP contribution in [0.5, 0.6) is 0 Å². The Morgan fingerprint density at radius 3 is 1.94 bits per heavy atom. The topological polar surface area (TPSA) is 21.3 Å². The minimum atomic E-state index is -1.46. The minimum Gasteiger partial charge on any atom is -0.383 e. The van der Waals surface area contributed by atoms with Crippen LogP contribution in [0.15, 0.2) is 22.3 Å². The van der Waals surface area contributed by atoms with Crippen molar-refractivity contribution in [3.63, 3.8) is 0 Å². The lowest BCUT2D eigenvalue weighted by atomic mass is 10.1. The molecule has 0 bridgehead atoms. The SMILES string of the molecule is COCCN[Si](C)(C)C1C(C)=C(C)C(C)=C1C. The number of ether oxygens (including phenoxy) is 1. The molecular weight excluding hydrogens is 226 g/mol. The van der Waals surface area contributed by atoms with Crippen molar-refractivity contribution >= 4 is 8.24 Å². The van der Waals surface area contributed by atoms with Gasteiger partial charge in [0, 0.05) is 19.2 Å². The van der Waals surface area contributed by atoms with Gasteiger partial charge in [0.25, 0.3) is 0 Å². The van der Waals surface area contributed by atoms with E-state index in [1.54, 1.807) is 18.3 Å². The molecule has 0 saturated heterocycles. The van der Waals surface area contributed by atoms with Gasteiger partial charge in [-0.25, -0.2) is 0 Å². The van der Waals surface area contributed by atoms with Gasteiger partial charge in [-0.3, -0.25) is 0 Å². The zero-order valence-corrected chi connectivity index (χ0v) is 13.4. The molecule has 0 unspecified atom stereocenters. The Morgan fingerprint density at radius 1 is 1.06 bits per heavy atom. The van der Waals surface area contributed by atoms with Crippen molar-refractivity contribution < 1.29 is 4.74 Å². The predicted octanol–water partition coefficient (Wildman–Crippen LogP) is 3.48. The van der Waals surface area contributed by atoms with Crippen molar-refractivity contribution in [2.75, 3.05) is 20.3 Å². The van der Waals surface area contributed by atoms with E-state index in [4.69, 9.17) is 4.74 Å². The third-order valence-corrected chi connectivity index (χ3v) is 7.69. The summed E-state index contributed by atoms with van der Waals surface area (Å²) in [5.41, 5.74) is 6.80. The molecule has 1 N–H and O–H groups in total. The molecule has 0 aromatic heterocycles. The molecule has 0 saturated carbocycles. The molecule has 1 aliphatic rings. The highest BCUT2D eigenvalue weighted by Crippen LogP contribution is 2.45. The Bertz CT molecular complexity index is 331. The molecule has 0 heterocycles. The van der Waals surface area contributed by atoms with Crippen LogP contribution in [0, 0.1) is 0 Å². The number of allylic oxidation sites excluding steroid dienone is 4. The highest BCUT2D eigenvalue weighted by molar-refractivity contribution is 6.77. The molecule has 0 atom stereocenters. The monoisotopic (exact) mass is 253 g/mol. The van der Waals surface area contributed by atoms with E-state index in [1.165, 1.54) is 11.1 Å². The van der Waals surface area contributed by atoms with Crippen molar-refractivity contribution in [1.29, 1.82) is 0 Å². The molecule has 3 heteroatoms. The van der Waals surface area contributed by atoms with Gasteiger partial charge in [0.05, 0.1) is 6.61 Å². The van der Waals surface area contributed by atoms with Gasteiger partial charge in [0.15, 0.2) is 0 Å². The first-order valence-electron chi connectivity index (χ1n) is 6.42. The van der Waals surface area contributed by atoms with Gasteiger partial charge in [0.1, 0.15) is 8.24 Å². The first kappa shape index (κ1) is 14.7. The van der Waals surface area contributed by atoms with E-state index >= 15 is 0 Å². The largest absolute Gasteiger partial charge is 0.383 e. The van der Waals surface area contributed by atoms with Crippen LogP contribution < -0.4 is 4.98 Å². The number of rotatable bonds is 5. The molecule has 98 valence electrons. The number of hydrogen-bond acceptors (Lipinski definition) is 2. The fourth-order valence-electron chi connectivity index (χ4n) is 3.01. The van der Waals surface area contributed by atoms with Gasteiger partial charge in [-0.15, -0.1) is 0 Å². The Hall–Kier alpha value is -0.383. The summed E-state index contributed by atoms with van der Waals surface area (Å²) in [7, 11) is 0.297. The smallest absolute Gasteiger partial charge is 0.130 e. The van der Waals surface area contributed by atoms with E-state index in [1.807, 2.05) is 0 Å². The van der Waals surface area contributed by atoms with Crippen LogP contribution in [-0.2, 0) is 4.74 Å². The average Bonchev–Trinajstić information content (AvgIpc) is 2.44. The third kappa shape index (κ3) is 2.90. The van der Waals surface area contributed by atoms with Crippen molar-refractivity contribution in [3.05, 3.63) is 22.3 Å². The summed E-state index contributed by atoms with van der Waals surface area (Å²) in [6.45, 7) is 15.7. The number of hydrogen-bond donors (Lipinski definition) is 1. The summed E-state index contributed by atoms with van der Waals surface area (Å²) >= 11 is 0. The number of methoxy groups -OCH3 is 1. The van der Waals surface area contributed by atoms with Crippen molar-refractivity contribution in [3.8, 4) is 0 Å². The van der Waals surface area contributed by atoms with Crippen LogP contribution in [0.25, 0.3) is 0 Å². The van der Waals surface area contributed by atoms with Gasteiger partial charge in [-0.05, 0) is 38.8 Å². The molecule has 1 aliphatic carbocycles. The van der Waals surface area contributed by atoms with Gasteiger partial charge in [-0.2, -0.15) is 0 Å². The maximum absolute atomic E-state index is 5.13. The maximum Gasteiger partial charge on any atom is 0.130 e. The molecule has 0 aliphatic heterocycles. The van der Waals surface area contributed by atoms with Gasteiger partial charge >= 0.3 is 0 Å². The summed E-state index contributed by atoms with van der Waals surface area (Å²) in [6.07, 6.45) is 0. The zero-order valence-electron chi connectivity index (χ0n) is 12.4. The van der Waals surface area contributed by atoms with E-state index in [2.05, 4.69) is 45.8 Å². The fourth-order valence-corrected chi connectivity index (χ4v) is 6.56. The highest BCUT2D eigenvalue weighted by Gasteiger charge is 2.38. The molecular formula is C14H27NOSi. The van der Waals surface area contributed by atoms with Crippen LogP contribution >= 0.6 is 0 Å². The van der Waals surface area contributed by atoms with Crippen LogP contribution in [0.2, 0.25) is 18.6 Å². The third-order valence-electron chi connectivity index (χ3n) is 4.22. The summed E-state index contributed by atoms with van der Waals surface area (Å²) < 4.78 is 5.13. The maximum atomic E-state index is 5.13. The fraction of sp³-hybridized carbons (Fsp3) is 0.714. The normalized spacial score (nSPS) is 18.5. The lowest BCUT2D eigenvalue weighted by Gasteiger charge is -2.33. The van der Waals surface area contributed by atoms with Crippen LogP contribution in [0.1, 0.15) is 27.7 Å². The number of nitrogens with one attached hydrogen (secondary N) is 1. The van der Waals surface area contributed by atoms with E-state index in [0.717, 1.165) is 13.2 Å². The van der Waals surface area contributed by atoms with Crippen molar-refractivity contribution in [2.45, 2.75) is 46.3 Å². The van der Waals surface area contributed by atoms with Crippen LogP contribution in [0.4, 0.5) is 0 Å². The Kier molecular flexibility index (Phi) is 4.75. The molecule has 2 nitrogen and oxygen atoms in total. The van der Waals surface area contributed by atoms with Gasteiger partial charge in [-0.1, -0.05) is 24.2 Å². The van der Waals surface area contributed by atoms with Gasteiger partial charge in [0.2, 0.25) is 0 Å². The molecule has 0 radical (unpaired) electrons. The molecule has 1 rings (SSSR count). The summed E-state index contributed by atoms with van der Waals surface area (Å²) in [6, 6.07) is 0. The quantitative estimate of drug-likeness (QED) is 0.598. The van der Waals surface area contributed by atoms with Gasteiger partial charge < -0.3 is 9.72 Å². The second-order valence-corrected chi connectivity index (χ2v) is 10.1. The Balaban J connectivity index is 2.86. The van der Waals surface area contributed by atoms with Crippen molar-refractivity contribution in [2.24, 2.45) is 0 Å². The lowest BCUT2D eigenvalue weighted by Crippen LogP contribution is -2.50. The molecule has 0 aromatic rings. The van der Waals surface area contributed by atoms with Crippen molar-refractivity contribution in [1.82, 2.24) is 4.98 Å². The van der Waals surface area contributed by atoms with E-state index < -0.39 is 8.24 Å². The zero-order chi connectivity index (χ0) is 13.2. The first-order chi connectivity index (χ1) is 7.83. The molecule has 0 spiro atoms. The summed E-state index contributed by atoms with van der Waals surface area (Å²) in [5, 5.41) is 0. The summed E-state index contributed by atoms with van der Waals surface area (Å²) in [5.74, 6) is 0.